The van der Waals surface area contributed by atoms with Crippen LogP contribution in [0.15, 0.2) is 24.5 Å². The van der Waals surface area contributed by atoms with Gasteiger partial charge in [-0.1, -0.05) is 6.07 Å². The zero-order valence-corrected chi connectivity index (χ0v) is 12.5. The lowest BCUT2D eigenvalue weighted by molar-refractivity contribution is 0.123. The second-order valence-electron chi connectivity index (χ2n) is 5.40. The standard InChI is InChI=1S/C15H17N7O/c16-14-13(22-3-5-23-6-4-22)12(20-15(17)21-14)9-1-2-10-11(7-9)19-8-18-10/h1-2,7-8H,3-6H2,(H,18,19)(H4,16,17,20,21). The van der Waals surface area contributed by atoms with E-state index in [2.05, 4.69) is 24.8 Å². The van der Waals surface area contributed by atoms with Crippen LogP contribution < -0.4 is 16.4 Å². The molecule has 118 valence electrons. The summed E-state index contributed by atoms with van der Waals surface area (Å²) in [6.45, 7) is 2.80. The Morgan fingerprint density at radius 2 is 1.96 bits per heavy atom. The SMILES string of the molecule is Nc1nc(N)c(N2CCOCC2)c(-c2ccc3[nH]cnc3c2)n1. The number of benzene rings is 1. The fourth-order valence-corrected chi connectivity index (χ4v) is 2.87. The molecule has 3 aromatic rings. The lowest BCUT2D eigenvalue weighted by Gasteiger charge is -2.30. The topological polar surface area (TPSA) is 119 Å². The van der Waals surface area contributed by atoms with Gasteiger partial charge >= 0.3 is 0 Å². The molecule has 1 saturated heterocycles. The third kappa shape index (κ3) is 2.42. The van der Waals surface area contributed by atoms with E-state index in [1.54, 1.807) is 6.33 Å². The molecule has 8 nitrogen and oxygen atoms in total. The molecular weight excluding hydrogens is 294 g/mol. The van der Waals surface area contributed by atoms with Crippen LogP contribution in [0.1, 0.15) is 0 Å². The molecule has 0 spiro atoms. The first-order valence-electron chi connectivity index (χ1n) is 7.41. The number of nitrogen functional groups attached to an aromatic ring is 2. The average Bonchev–Trinajstić information content (AvgIpc) is 3.02. The number of ether oxygens (including phenoxy) is 1. The number of fused-ring (bicyclic) bond motifs is 1. The summed E-state index contributed by atoms with van der Waals surface area (Å²) in [6, 6.07) is 5.91. The molecule has 0 atom stereocenters. The largest absolute Gasteiger partial charge is 0.382 e. The van der Waals surface area contributed by atoms with Crippen LogP contribution in [0.5, 0.6) is 0 Å². The smallest absolute Gasteiger partial charge is 0.222 e. The van der Waals surface area contributed by atoms with Crippen LogP contribution in [0, 0.1) is 0 Å². The molecule has 1 aromatic carbocycles. The van der Waals surface area contributed by atoms with Crippen LogP contribution in [0.3, 0.4) is 0 Å². The second kappa shape index (κ2) is 5.40. The van der Waals surface area contributed by atoms with Gasteiger partial charge in [0.05, 0.1) is 30.6 Å². The first kappa shape index (κ1) is 13.8. The minimum atomic E-state index is 0.164. The zero-order chi connectivity index (χ0) is 15.8. The molecule has 8 heteroatoms. The van der Waals surface area contributed by atoms with Crippen LogP contribution in [-0.4, -0.2) is 46.2 Å². The number of aromatic nitrogens is 4. The maximum Gasteiger partial charge on any atom is 0.222 e. The van der Waals surface area contributed by atoms with E-state index < -0.39 is 0 Å². The highest BCUT2D eigenvalue weighted by molar-refractivity contribution is 5.88. The summed E-state index contributed by atoms with van der Waals surface area (Å²) in [5.41, 5.74) is 16.2. The molecule has 1 fully saturated rings. The Balaban J connectivity index is 1.88. The molecule has 1 aliphatic rings. The van der Waals surface area contributed by atoms with Crippen molar-refractivity contribution < 1.29 is 4.74 Å². The zero-order valence-electron chi connectivity index (χ0n) is 12.5. The fourth-order valence-electron chi connectivity index (χ4n) is 2.87. The molecule has 0 bridgehead atoms. The predicted molar refractivity (Wildman–Crippen MR) is 89.0 cm³/mol. The van der Waals surface area contributed by atoms with Gasteiger partial charge in [0.25, 0.3) is 0 Å². The molecule has 4 rings (SSSR count). The summed E-state index contributed by atoms with van der Waals surface area (Å²) in [5.74, 6) is 0.549. The van der Waals surface area contributed by atoms with E-state index in [9.17, 15) is 0 Å². The van der Waals surface area contributed by atoms with Crippen molar-refractivity contribution in [1.29, 1.82) is 0 Å². The quantitative estimate of drug-likeness (QED) is 0.646. The molecule has 23 heavy (non-hydrogen) atoms. The Morgan fingerprint density at radius 3 is 2.78 bits per heavy atom. The molecule has 0 unspecified atom stereocenters. The Labute approximate surface area is 132 Å². The van der Waals surface area contributed by atoms with E-state index in [1.807, 2.05) is 18.2 Å². The Bertz CT molecular complexity index is 854. The van der Waals surface area contributed by atoms with Crippen molar-refractivity contribution in [1.82, 2.24) is 19.9 Å². The first-order chi connectivity index (χ1) is 11.2. The van der Waals surface area contributed by atoms with E-state index in [1.165, 1.54) is 0 Å². The van der Waals surface area contributed by atoms with Gasteiger partial charge in [-0.3, -0.25) is 0 Å². The van der Waals surface area contributed by atoms with Gasteiger partial charge < -0.3 is 26.1 Å². The van der Waals surface area contributed by atoms with Crippen molar-refractivity contribution in [3.8, 4) is 11.3 Å². The van der Waals surface area contributed by atoms with E-state index in [-0.39, 0.29) is 5.95 Å². The van der Waals surface area contributed by atoms with Gasteiger partial charge in [-0.15, -0.1) is 0 Å². The summed E-state index contributed by atoms with van der Waals surface area (Å²) in [4.78, 5) is 18.1. The number of nitrogens with one attached hydrogen (secondary N) is 1. The van der Waals surface area contributed by atoms with Crippen molar-refractivity contribution in [2.75, 3.05) is 42.7 Å². The van der Waals surface area contributed by atoms with E-state index in [4.69, 9.17) is 16.2 Å². The molecule has 0 aliphatic carbocycles. The lowest BCUT2D eigenvalue weighted by atomic mass is 10.1. The maximum atomic E-state index is 6.15. The van der Waals surface area contributed by atoms with Crippen molar-refractivity contribution in [3.63, 3.8) is 0 Å². The third-order valence-electron chi connectivity index (χ3n) is 3.95. The fraction of sp³-hybridized carbons (Fsp3) is 0.267. The molecular formula is C15H17N7O. The van der Waals surface area contributed by atoms with Crippen LogP contribution in [0.25, 0.3) is 22.3 Å². The number of anilines is 3. The van der Waals surface area contributed by atoms with E-state index in [0.29, 0.717) is 19.0 Å². The number of morpholine rings is 1. The predicted octanol–water partition coefficient (Wildman–Crippen LogP) is 1.02. The van der Waals surface area contributed by atoms with Gasteiger partial charge in [0, 0.05) is 18.7 Å². The van der Waals surface area contributed by atoms with Gasteiger partial charge in [-0.05, 0) is 12.1 Å². The average molecular weight is 311 g/mol. The van der Waals surface area contributed by atoms with E-state index in [0.717, 1.165) is 41.1 Å². The minimum Gasteiger partial charge on any atom is -0.382 e. The van der Waals surface area contributed by atoms with Gasteiger partial charge in [0.1, 0.15) is 11.4 Å². The molecule has 2 aromatic heterocycles. The van der Waals surface area contributed by atoms with E-state index >= 15 is 0 Å². The number of H-pyrrole nitrogens is 1. The second-order valence-corrected chi connectivity index (χ2v) is 5.40. The molecule has 1 aliphatic heterocycles. The summed E-state index contributed by atoms with van der Waals surface area (Å²) >= 11 is 0. The van der Waals surface area contributed by atoms with Crippen molar-refractivity contribution in [2.45, 2.75) is 0 Å². The number of hydrogen-bond donors (Lipinski definition) is 3. The highest BCUT2D eigenvalue weighted by Crippen LogP contribution is 2.35. The van der Waals surface area contributed by atoms with Crippen molar-refractivity contribution >= 4 is 28.5 Å². The van der Waals surface area contributed by atoms with Crippen LogP contribution in [0.2, 0.25) is 0 Å². The highest BCUT2D eigenvalue weighted by atomic mass is 16.5. The van der Waals surface area contributed by atoms with Gasteiger partial charge in [0.15, 0.2) is 5.82 Å². The number of nitrogens with two attached hydrogens (primary N) is 2. The summed E-state index contributed by atoms with van der Waals surface area (Å²) in [5, 5.41) is 0. The molecule has 3 heterocycles. The Hall–Kier alpha value is -2.87. The molecule has 0 amide bonds. The summed E-state index contributed by atoms with van der Waals surface area (Å²) in [7, 11) is 0. The maximum absolute atomic E-state index is 6.15. The van der Waals surface area contributed by atoms with Gasteiger partial charge in [-0.25, -0.2) is 9.97 Å². The number of hydrogen-bond acceptors (Lipinski definition) is 7. The van der Waals surface area contributed by atoms with Crippen LogP contribution in [0.4, 0.5) is 17.5 Å². The first-order valence-corrected chi connectivity index (χ1v) is 7.41. The monoisotopic (exact) mass is 311 g/mol. The van der Waals surface area contributed by atoms with Crippen molar-refractivity contribution in [2.24, 2.45) is 0 Å². The number of aromatic amines is 1. The third-order valence-corrected chi connectivity index (χ3v) is 3.95. The Kier molecular flexibility index (Phi) is 3.23. The molecule has 0 saturated carbocycles. The lowest BCUT2D eigenvalue weighted by Crippen LogP contribution is -2.37. The van der Waals surface area contributed by atoms with Gasteiger partial charge in [-0.2, -0.15) is 4.98 Å². The summed E-state index contributed by atoms with van der Waals surface area (Å²) in [6.07, 6.45) is 1.67. The summed E-state index contributed by atoms with van der Waals surface area (Å²) < 4.78 is 5.42. The minimum absolute atomic E-state index is 0.164. The van der Waals surface area contributed by atoms with Crippen LogP contribution >= 0.6 is 0 Å². The Morgan fingerprint density at radius 1 is 1.13 bits per heavy atom. The van der Waals surface area contributed by atoms with Crippen LogP contribution in [-0.2, 0) is 4.74 Å². The normalized spacial score (nSPS) is 15.2. The molecule has 5 N–H and O–H groups in total. The molecule has 0 radical (unpaired) electrons. The van der Waals surface area contributed by atoms with Gasteiger partial charge in [0.2, 0.25) is 5.95 Å². The number of nitrogens with zero attached hydrogens (tertiary/aromatic N) is 4. The number of imidazole rings is 1. The highest BCUT2D eigenvalue weighted by Gasteiger charge is 2.21. The van der Waals surface area contributed by atoms with Crippen molar-refractivity contribution in [3.05, 3.63) is 24.5 Å². The number of rotatable bonds is 2.